The molecule has 122 valence electrons. The van der Waals surface area contributed by atoms with Crippen molar-refractivity contribution >= 4 is 18.3 Å². The van der Waals surface area contributed by atoms with Crippen LogP contribution in [0.25, 0.3) is 0 Å². The molecule has 4 nitrogen and oxygen atoms in total. The Morgan fingerprint density at radius 1 is 1.27 bits per heavy atom. The Hall–Kier alpha value is -1.10. The zero-order valence-corrected chi connectivity index (χ0v) is 13.9. The molecule has 1 N–H and O–H groups in total. The summed E-state index contributed by atoms with van der Waals surface area (Å²) < 4.78 is 5.80. The van der Waals surface area contributed by atoms with E-state index in [1.54, 1.807) is 0 Å². The number of hydrogen-bond acceptors (Lipinski definition) is 3. The van der Waals surface area contributed by atoms with E-state index in [0.717, 1.165) is 44.3 Å². The van der Waals surface area contributed by atoms with E-state index < -0.39 is 6.10 Å². The topological polar surface area (TPSA) is 41.6 Å². The maximum atomic E-state index is 12.9. The number of nitrogens with zero attached hydrogens (tertiary/aromatic N) is 1. The lowest BCUT2D eigenvalue weighted by Crippen LogP contribution is -2.42. The van der Waals surface area contributed by atoms with Gasteiger partial charge < -0.3 is 15.0 Å². The summed E-state index contributed by atoms with van der Waals surface area (Å²) in [6.45, 7) is 2.68. The number of nitrogens with one attached hydrogen (secondary N) is 1. The normalized spacial score (nSPS) is 24.6. The Balaban J connectivity index is 0.00000176. The van der Waals surface area contributed by atoms with Gasteiger partial charge in [-0.05, 0) is 49.9 Å². The van der Waals surface area contributed by atoms with E-state index in [1.807, 2.05) is 30.1 Å². The van der Waals surface area contributed by atoms with E-state index >= 15 is 0 Å². The molecule has 22 heavy (non-hydrogen) atoms. The molecule has 2 atom stereocenters. The fourth-order valence-electron chi connectivity index (χ4n) is 3.35. The van der Waals surface area contributed by atoms with Crippen molar-refractivity contribution < 1.29 is 9.53 Å². The van der Waals surface area contributed by atoms with Crippen LogP contribution in [0.4, 0.5) is 0 Å². The van der Waals surface area contributed by atoms with Gasteiger partial charge in [0.15, 0.2) is 6.10 Å². The molecule has 3 rings (SSSR count). The van der Waals surface area contributed by atoms with Crippen LogP contribution in [-0.2, 0) is 16.0 Å². The average Bonchev–Trinajstić information content (AvgIpc) is 2.82. The molecule has 5 heteroatoms. The van der Waals surface area contributed by atoms with E-state index in [0.29, 0.717) is 12.6 Å². The molecule has 2 aliphatic heterocycles. The Labute approximate surface area is 138 Å². The lowest BCUT2D eigenvalue weighted by Gasteiger charge is -2.33. The second-order valence-corrected chi connectivity index (χ2v) is 5.98. The van der Waals surface area contributed by atoms with Crippen LogP contribution in [0.1, 0.15) is 36.5 Å². The summed E-state index contributed by atoms with van der Waals surface area (Å²) in [7, 11) is 1.93. The molecule has 1 aromatic rings. The van der Waals surface area contributed by atoms with Crippen LogP contribution in [0.3, 0.4) is 0 Å². The molecule has 0 aliphatic carbocycles. The van der Waals surface area contributed by atoms with Gasteiger partial charge in [0.05, 0.1) is 6.61 Å². The molecule has 1 amide bonds. The fraction of sp³-hybridized carbons (Fsp3) is 0.588. The minimum absolute atomic E-state index is 0. The third-order valence-electron chi connectivity index (χ3n) is 4.66. The maximum Gasteiger partial charge on any atom is 0.256 e. The molecule has 0 bridgehead atoms. The summed E-state index contributed by atoms with van der Waals surface area (Å²) in [6.07, 6.45) is 3.71. The Kier molecular flexibility index (Phi) is 6.24. The molecule has 2 unspecified atom stereocenters. The van der Waals surface area contributed by atoms with Gasteiger partial charge in [-0.2, -0.15) is 0 Å². The van der Waals surface area contributed by atoms with Crippen LogP contribution in [0.5, 0.6) is 0 Å². The SMILES string of the molecule is CN(C(=O)C1OCCc2ccccc21)C1CCCNCC1.Cl. The van der Waals surface area contributed by atoms with Gasteiger partial charge in [0.1, 0.15) is 0 Å². The van der Waals surface area contributed by atoms with E-state index in [-0.39, 0.29) is 18.3 Å². The van der Waals surface area contributed by atoms with Crippen LogP contribution >= 0.6 is 12.4 Å². The van der Waals surface area contributed by atoms with Gasteiger partial charge in [0.2, 0.25) is 0 Å². The highest BCUT2D eigenvalue weighted by Gasteiger charge is 2.32. The predicted octanol–water partition coefficient (Wildman–Crippen LogP) is 2.32. The maximum absolute atomic E-state index is 12.9. The molecule has 0 radical (unpaired) electrons. The van der Waals surface area contributed by atoms with Crippen molar-refractivity contribution in [1.82, 2.24) is 10.2 Å². The molecule has 2 heterocycles. The number of carbonyl (C=O) groups is 1. The number of likely N-dealkylation sites (N-methyl/N-ethyl adjacent to an activating group) is 1. The largest absolute Gasteiger partial charge is 0.363 e. The van der Waals surface area contributed by atoms with Gasteiger partial charge in [-0.1, -0.05) is 24.3 Å². The summed E-state index contributed by atoms with van der Waals surface area (Å²) in [6, 6.07) is 8.48. The van der Waals surface area contributed by atoms with Gasteiger partial charge in [-0.3, -0.25) is 4.79 Å². The van der Waals surface area contributed by atoms with Gasteiger partial charge in [0.25, 0.3) is 5.91 Å². The lowest BCUT2D eigenvalue weighted by atomic mass is 9.96. The van der Waals surface area contributed by atoms with Crippen LogP contribution in [0, 0.1) is 0 Å². The van der Waals surface area contributed by atoms with Gasteiger partial charge >= 0.3 is 0 Å². The zero-order valence-electron chi connectivity index (χ0n) is 13.1. The average molecular weight is 325 g/mol. The first kappa shape index (κ1) is 17.3. The first-order valence-electron chi connectivity index (χ1n) is 7.94. The highest BCUT2D eigenvalue weighted by Crippen LogP contribution is 2.29. The minimum atomic E-state index is -0.420. The fourth-order valence-corrected chi connectivity index (χ4v) is 3.35. The second kappa shape index (κ2) is 7.95. The van der Waals surface area contributed by atoms with Crippen LogP contribution in [-0.4, -0.2) is 43.6 Å². The van der Waals surface area contributed by atoms with Crippen molar-refractivity contribution in [2.24, 2.45) is 0 Å². The van der Waals surface area contributed by atoms with Crippen LogP contribution in [0.15, 0.2) is 24.3 Å². The predicted molar refractivity (Wildman–Crippen MR) is 89.4 cm³/mol. The zero-order chi connectivity index (χ0) is 14.7. The van der Waals surface area contributed by atoms with Gasteiger partial charge in [-0.15, -0.1) is 12.4 Å². The number of halogens is 1. The monoisotopic (exact) mass is 324 g/mol. The highest BCUT2D eigenvalue weighted by molar-refractivity contribution is 5.85. The van der Waals surface area contributed by atoms with Gasteiger partial charge in [-0.25, -0.2) is 0 Å². The van der Waals surface area contributed by atoms with Crippen molar-refractivity contribution in [3.8, 4) is 0 Å². The standard InChI is InChI=1S/C17H24N2O2.ClH/c1-19(14-6-4-10-18-11-8-14)17(20)16-15-7-3-2-5-13(15)9-12-21-16;/h2-3,5,7,14,16,18H,4,6,8-12H2,1H3;1H. The highest BCUT2D eigenvalue weighted by atomic mass is 35.5. The Morgan fingerprint density at radius 3 is 2.95 bits per heavy atom. The van der Waals surface area contributed by atoms with Crippen molar-refractivity contribution in [3.63, 3.8) is 0 Å². The smallest absolute Gasteiger partial charge is 0.256 e. The van der Waals surface area contributed by atoms with E-state index in [2.05, 4.69) is 11.4 Å². The minimum Gasteiger partial charge on any atom is -0.363 e. The Bertz CT molecular complexity index is 501. The molecule has 0 spiro atoms. The van der Waals surface area contributed by atoms with Crippen molar-refractivity contribution in [1.29, 1.82) is 0 Å². The number of rotatable bonds is 2. The van der Waals surface area contributed by atoms with Crippen molar-refractivity contribution in [3.05, 3.63) is 35.4 Å². The third kappa shape index (κ3) is 3.62. The first-order valence-corrected chi connectivity index (χ1v) is 7.94. The summed E-state index contributed by atoms with van der Waals surface area (Å²) in [5, 5.41) is 3.40. The number of fused-ring (bicyclic) bond motifs is 1. The van der Waals surface area contributed by atoms with Gasteiger partial charge in [0, 0.05) is 13.1 Å². The van der Waals surface area contributed by atoms with Crippen LogP contribution in [0.2, 0.25) is 0 Å². The molecule has 1 saturated heterocycles. The van der Waals surface area contributed by atoms with Crippen molar-refractivity contribution in [2.75, 3.05) is 26.7 Å². The number of amides is 1. The molecule has 1 aromatic carbocycles. The molecular formula is C17H25ClN2O2. The van der Waals surface area contributed by atoms with E-state index in [4.69, 9.17) is 4.74 Å². The molecular weight excluding hydrogens is 300 g/mol. The number of ether oxygens (including phenoxy) is 1. The number of benzene rings is 1. The summed E-state index contributed by atoms with van der Waals surface area (Å²) >= 11 is 0. The van der Waals surface area contributed by atoms with E-state index in [9.17, 15) is 4.79 Å². The molecule has 0 aromatic heterocycles. The molecule has 1 fully saturated rings. The summed E-state index contributed by atoms with van der Waals surface area (Å²) in [4.78, 5) is 14.8. The first-order chi connectivity index (χ1) is 10.3. The lowest BCUT2D eigenvalue weighted by molar-refractivity contribution is -0.146. The van der Waals surface area contributed by atoms with Crippen molar-refractivity contribution in [2.45, 2.75) is 37.8 Å². The van der Waals surface area contributed by atoms with E-state index in [1.165, 1.54) is 5.56 Å². The Morgan fingerprint density at radius 2 is 2.09 bits per heavy atom. The summed E-state index contributed by atoms with van der Waals surface area (Å²) in [5.41, 5.74) is 2.30. The van der Waals surface area contributed by atoms with Crippen LogP contribution < -0.4 is 5.32 Å². The molecule has 2 aliphatic rings. The molecule has 0 saturated carbocycles. The third-order valence-corrected chi connectivity index (χ3v) is 4.66. The second-order valence-electron chi connectivity index (χ2n) is 5.98. The summed E-state index contributed by atoms with van der Waals surface area (Å²) in [5.74, 6) is 0.106. The number of hydrogen-bond donors (Lipinski definition) is 1. The number of carbonyl (C=O) groups excluding carboxylic acids is 1. The quantitative estimate of drug-likeness (QED) is 0.907.